The Hall–Kier alpha value is -2.54. The first-order valence-electron chi connectivity index (χ1n) is 9.86. The molecular weight excluding hydrogens is 390 g/mol. The SMILES string of the molecule is CCOC(=O)c1c(NC(=O)[C@H](C)Oc2ccc(OC)cc2)sc2c1CC[C@H](C)C2. The van der Waals surface area contributed by atoms with Crippen LogP contribution in [0, 0.1) is 5.92 Å². The quantitative estimate of drug-likeness (QED) is 0.673. The summed E-state index contributed by atoms with van der Waals surface area (Å²) < 4.78 is 16.1. The summed E-state index contributed by atoms with van der Waals surface area (Å²) in [6, 6.07) is 7.04. The van der Waals surface area contributed by atoms with Crippen molar-refractivity contribution < 1.29 is 23.8 Å². The number of thiophene rings is 1. The van der Waals surface area contributed by atoms with Crippen LogP contribution in [-0.4, -0.2) is 31.7 Å². The van der Waals surface area contributed by atoms with Gasteiger partial charge in [-0.25, -0.2) is 4.79 Å². The second-order valence-electron chi connectivity index (χ2n) is 7.20. The molecule has 1 N–H and O–H groups in total. The first-order chi connectivity index (χ1) is 13.9. The van der Waals surface area contributed by atoms with E-state index in [9.17, 15) is 9.59 Å². The predicted molar refractivity (Wildman–Crippen MR) is 113 cm³/mol. The summed E-state index contributed by atoms with van der Waals surface area (Å²) in [6.45, 7) is 5.96. The molecule has 0 spiro atoms. The van der Waals surface area contributed by atoms with Crippen LogP contribution in [0.1, 0.15) is 48.0 Å². The van der Waals surface area contributed by atoms with Crippen molar-refractivity contribution in [3.8, 4) is 11.5 Å². The van der Waals surface area contributed by atoms with E-state index in [4.69, 9.17) is 14.2 Å². The van der Waals surface area contributed by atoms with Gasteiger partial charge in [-0.1, -0.05) is 6.92 Å². The molecule has 1 aromatic carbocycles. The minimum Gasteiger partial charge on any atom is -0.497 e. The smallest absolute Gasteiger partial charge is 0.341 e. The van der Waals surface area contributed by atoms with E-state index in [0.717, 1.165) is 29.7 Å². The van der Waals surface area contributed by atoms with Gasteiger partial charge < -0.3 is 19.5 Å². The van der Waals surface area contributed by atoms with Crippen molar-refractivity contribution in [1.29, 1.82) is 0 Å². The highest BCUT2D eigenvalue weighted by molar-refractivity contribution is 7.17. The topological polar surface area (TPSA) is 73.9 Å². The summed E-state index contributed by atoms with van der Waals surface area (Å²) in [5.74, 6) is 1.17. The maximum Gasteiger partial charge on any atom is 0.341 e. The van der Waals surface area contributed by atoms with Gasteiger partial charge in [0.2, 0.25) is 0 Å². The molecule has 1 aromatic heterocycles. The molecule has 0 saturated heterocycles. The standard InChI is InChI=1S/C22H27NO5S/c1-5-27-22(25)19-17-11-6-13(2)12-18(17)29-21(19)23-20(24)14(3)28-16-9-7-15(26-4)8-10-16/h7-10,13-14H,5-6,11-12H2,1-4H3,(H,23,24)/t13-,14-/m0/s1. The van der Waals surface area contributed by atoms with E-state index in [1.165, 1.54) is 11.3 Å². The van der Waals surface area contributed by atoms with Crippen molar-refractivity contribution >= 4 is 28.2 Å². The number of nitrogens with one attached hydrogen (secondary N) is 1. The molecule has 0 unspecified atom stereocenters. The zero-order valence-corrected chi connectivity index (χ0v) is 18.1. The van der Waals surface area contributed by atoms with Crippen LogP contribution in [-0.2, 0) is 22.4 Å². The average Bonchev–Trinajstić information content (AvgIpc) is 3.05. The number of amides is 1. The normalized spacial score (nSPS) is 16.5. The maximum atomic E-state index is 12.7. The molecule has 0 radical (unpaired) electrons. The Labute approximate surface area is 175 Å². The maximum absolute atomic E-state index is 12.7. The summed E-state index contributed by atoms with van der Waals surface area (Å²) in [6.07, 6.45) is 2.05. The Balaban J connectivity index is 1.77. The molecule has 1 heterocycles. The van der Waals surface area contributed by atoms with Crippen LogP contribution in [0.3, 0.4) is 0 Å². The highest BCUT2D eigenvalue weighted by Crippen LogP contribution is 2.40. The van der Waals surface area contributed by atoms with E-state index < -0.39 is 6.10 Å². The zero-order valence-electron chi connectivity index (χ0n) is 17.2. The Bertz CT molecular complexity index is 874. The number of hydrogen-bond acceptors (Lipinski definition) is 6. The molecule has 1 amide bonds. The van der Waals surface area contributed by atoms with Crippen molar-refractivity contribution in [3.63, 3.8) is 0 Å². The predicted octanol–water partition coefficient (Wildman–Crippen LogP) is 4.46. The first-order valence-corrected chi connectivity index (χ1v) is 10.7. The van der Waals surface area contributed by atoms with E-state index in [1.807, 2.05) is 0 Å². The van der Waals surface area contributed by atoms with Gasteiger partial charge in [-0.2, -0.15) is 0 Å². The van der Waals surface area contributed by atoms with Gasteiger partial charge >= 0.3 is 5.97 Å². The van der Waals surface area contributed by atoms with Crippen molar-refractivity contribution in [2.45, 2.75) is 46.1 Å². The number of methoxy groups -OCH3 is 1. The van der Waals surface area contributed by atoms with Crippen molar-refractivity contribution in [2.24, 2.45) is 5.92 Å². The third-order valence-electron chi connectivity index (χ3n) is 4.97. The summed E-state index contributed by atoms with van der Waals surface area (Å²) in [5, 5.41) is 3.45. The lowest BCUT2D eigenvalue weighted by Gasteiger charge is -2.18. The minimum atomic E-state index is -0.725. The summed E-state index contributed by atoms with van der Waals surface area (Å²) in [5.41, 5.74) is 1.52. The summed E-state index contributed by atoms with van der Waals surface area (Å²) in [7, 11) is 1.59. The second-order valence-corrected chi connectivity index (χ2v) is 8.31. The monoisotopic (exact) mass is 417 g/mol. The van der Waals surface area contributed by atoms with Crippen LogP contribution in [0.25, 0.3) is 0 Å². The zero-order chi connectivity index (χ0) is 21.0. The molecule has 156 valence electrons. The molecular formula is C22H27NO5S. The Morgan fingerprint density at radius 3 is 2.59 bits per heavy atom. The minimum absolute atomic E-state index is 0.296. The fourth-order valence-corrected chi connectivity index (χ4v) is 4.79. The number of benzene rings is 1. The second kappa shape index (κ2) is 9.31. The van der Waals surface area contributed by atoms with Gasteiger partial charge in [-0.15, -0.1) is 11.3 Å². The molecule has 6 nitrogen and oxygen atoms in total. The number of hydrogen-bond donors (Lipinski definition) is 1. The molecule has 1 aliphatic carbocycles. The van der Waals surface area contributed by atoms with Gasteiger partial charge in [0, 0.05) is 4.88 Å². The third kappa shape index (κ3) is 4.90. The number of anilines is 1. The van der Waals surface area contributed by atoms with Crippen LogP contribution < -0.4 is 14.8 Å². The van der Waals surface area contributed by atoms with Gasteiger partial charge in [0.25, 0.3) is 5.91 Å². The highest BCUT2D eigenvalue weighted by atomic mass is 32.1. The fraction of sp³-hybridized carbons (Fsp3) is 0.455. The fourth-order valence-electron chi connectivity index (χ4n) is 3.38. The molecule has 29 heavy (non-hydrogen) atoms. The van der Waals surface area contributed by atoms with Crippen LogP contribution >= 0.6 is 11.3 Å². The van der Waals surface area contributed by atoms with Gasteiger partial charge in [0.1, 0.15) is 16.5 Å². The number of fused-ring (bicyclic) bond motifs is 1. The number of rotatable bonds is 7. The third-order valence-corrected chi connectivity index (χ3v) is 6.14. The van der Waals surface area contributed by atoms with Crippen LogP contribution in [0.4, 0.5) is 5.00 Å². The molecule has 0 aliphatic heterocycles. The van der Waals surface area contributed by atoms with Gasteiger partial charge in [0.15, 0.2) is 6.10 Å². The van der Waals surface area contributed by atoms with Crippen LogP contribution in [0.15, 0.2) is 24.3 Å². The van der Waals surface area contributed by atoms with E-state index in [2.05, 4.69) is 12.2 Å². The van der Waals surface area contributed by atoms with Gasteiger partial charge in [-0.3, -0.25) is 4.79 Å². The summed E-state index contributed by atoms with van der Waals surface area (Å²) >= 11 is 1.47. The van der Waals surface area contributed by atoms with E-state index in [1.54, 1.807) is 45.2 Å². The molecule has 0 bridgehead atoms. The molecule has 3 rings (SSSR count). The largest absolute Gasteiger partial charge is 0.497 e. The number of carbonyl (C=O) groups is 2. The van der Waals surface area contributed by atoms with E-state index >= 15 is 0 Å². The number of carbonyl (C=O) groups excluding carboxylic acids is 2. The average molecular weight is 418 g/mol. The van der Waals surface area contributed by atoms with Gasteiger partial charge in [-0.05, 0) is 68.9 Å². The summed E-state index contributed by atoms with van der Waals surface area (Å²) in [4.78, 5) is 26.5. The van der Waals surface area contributed by atoms with Crippen molar-refractivity contribution in [1.82, 2.24) is 0 Å². The Kier molecular flexibility index (Phi) is 6.79. The van der Waals surface area contributed by atoms with Crippen molar-refractivity contribution in [2.75, 3.05) is 19.0 Å². The molecule has 0 saturated carbocycles. The molecule has 2 atom stereocenters. The Morgan fingerprint density at radius 1 is 1.24 bits per heavy atom. The lowest BCUT2D eigenvalue weighted by atomic mass is 9.88. The Morgan fingerprint density at radius 2 is 1.93 bits per heavy atom. The lowest BCUT2D eigenvalue weighted by molar-refractivity contribution is -0.122. The highest BCUT2D eigenvalue weighted by Gasteiger charge is 2.30. The van der Waals surface area contributed by atoms with Crippen LogP contribution in [0.5, 0.6) is 11.5 Å². The van der Waals surface area contributed by atoms with E-state index in [-0.39, 0.29) is 11.9 Å². The first kappa shape index (κ1) is 21.2. The van der Waals surface area contributed by atoms with E-state index in [0.29, 0.717) is 34.6 Å². The molecule has 0 fully saturated rings. The lowest BCUT2D eigenvalue weighted by Crippen LogP contribution is -2.30. The number of esters is 1. The molecule has 2 aromatic rings. The van der Waals surface area contributed by atoms with Crippen molar-refractivity contribution in [3.05, 3.63) is 40.3 Å². The van der Waals surface area contributed by atoms with Crippen LogP contribution in [0.2, 0.25) is 0 Å². The van der Waals surface area contributed by atoms with Gasteiger partial charge in [0.05, 0.1) is 19.3 Å². The number of ether oxygens (including phenoxy) is 3. The molecule has 1 aliphatic rings. The molecule has 7 heteroatoms.